The van der Waals surface area contributed by atoms with Gasteiger partial charge in [-0.3, -0.25) is 4.90 Å². The van der Waals surface area contributed by atoms with E-state index in [1.807, 2.05) is 0 Å². The van der Waals surface area contributed by atoms with Crippen LogP contribution in [0.25, 0.3) is 0 Å². The van der Waals surface area contributed by atoms with Crippen LogP contribution in [-0.2, 0) is 0 Å². The molecule has 0 bridgehead atoms. The molecule has 1 N–H and O–H groups in total. The van der Waals surface area contributed by atoms with Crippen molar-refractivity contribution in [1.29, 1.82) is 0 Å². The van der Waals surface area contributed by atoms with Gasteiger partial charge in [0.15, 0.2) is 0 Å². The molecule has 0 amide bonds. The van der Waals surface area contributed by atoms with Crippen LogP contribution in [0.3, 0.4) is 0 Å². The molecule has 0 spiro atoms. The van der Waals surface area contributed by atoms with E-state index in [-0.39, 0.29) is 0 Å². The van der Waals surface area contributed by atoms with Gasteiger partial charge in [0.25, 0.3) is 0 Å². The predicted octanol–water partition coefficient (Wildman–Crippen LogP) is 3.91. The van der Waals surface area contributed by atoms with Crippen molar-refractivity contribution in [2.24, 2.45) is 0 Å². The first-order valence-electron chi connectivity index (χ1n) is 8.08. The molecule has 1 atom stereocenters. The van der Waals surface area contributed by atoms with Crippen LogP contribution in [-0.4, -0.2) is 30.1 Å². The van der Waals surface area contributed by atoms with Crippen LogP contribution >= 0.6 is 0 Å². The lowest BCUT2D eigenvalue weighted by Crippen LogP contribution is -2.43. The van der Waals surface area contributed by atoms with Crippen molar-refractivity contribution < 1.29 is 0 Å². The number of nitrogens with one attached hydrogen (secondary N) is 1. The summed E-state index contributed by atoms with van der Waals surface area (Å²) in [7, 11) is 0. The van der Waals surface area contributed by atoms with Gasteiger partial charge in [0.2, 0.25) is 0 Å². The number of hydrogen-bond acceptors (Lipinski definition) is 2. The van der Waals surface area contributed by atoms with Gasteiger partial charge in [0.1, 0.15) is 0 Å². The highest BCUT2D eigenvalue weighted by atomic mass is 15.2. The third kappa shape index (κ3) is 3.62. The van der Waals surface area contributed by atoms with Gasteiger partial charge >= 0.3 is 0 Å². The van der Waals surface area contributed by atoms with Crippen LogP contribution in [0.5, 0.6) is 0 Å². The molecule has 0 saturated carbocycles. The summed E-state index contributed by atoms with van der Waals surface area (Å²) in [6.07, 6.45) is 3.84. The lowest BCUT2D eigenvalue weighted by molar-refractivity contribution is 0.156. The van der Waals surface area contributed by atoms with Gasteiger partial charge in [-0.2, -0.15) is 0 Å². The molecule has 1 aliphatic rings. The van der Waals surface area contributed by atoms with Gasteiger partial charge < -0.3 is 5.32 Å². The van der Waals surface area contributed by atoms with E-state index in [9.17, 15) is 0 Å². The predicted molar refractivity (Wildman–Crippen MR) is 87.1 cm³/mol. The highest BCUT2D eigenvalue weighted by Crippen LogP contribution is 2.30. The largest absolute Gasteiger partial charge is 0.309 e. The first kappa shape index (κ1) is 15.5. The molecule has 1 unspecified atom stereocenters. The Morgan fingerprint density at radius 1 is 1.30 bits per heavy atom. The second-order valence-electron chi connectivity index (χ2n) is 6.73. The third-order valence-electron chi connectivity index (χ3n) is 4.68. The minimum atomic E-state index is 0.356. The molecular formula is C18H30N2. The number of rotatable bonds is 6. The first-order chi connectivity index (χ1) is 9.54. The average Bonchev–Trinajstić information content (AvgIpc) is 2.74. The van der Waals surface area contributed by atoms with Crippen LogP contribution in [0.2, 0.25) is 0 Å². The van der Waals surface area contributed by atoms with Crippen molar-refractivity contribution in [2.45, 2.75) is 58.5 Å². The van der Waals surface area contributed by atoms with Gasteiger partial charge in [-0.05, 0) is 64.3 Å². The van der Waals surface area contributed by atoms with E-state index in [4.69, 9.17) is 0 Å². The zero-order valence-corrected chi connectivity index (χ0v) is 13.6. The molecule has 1 heterocycles. The molecule has 2 rings (SSSR count). The van der Waals surface area contributed by atoms with E-state index >= 15 is 0 Å². The van der Waals surface area contributed by atoms with Crippen LogP contribution < -0.4 is 5.32 Å². The fourth-order valence-corrected chi connectivity index (χ4v) is 3.29. The van der Waals surface area contributed by atoms with Crippen LogP contribution in [0.1, 0.15) is 57.2 Å². The third-order valence-corrected chi connectivity index (χ3v) is 4.68. The summed E-state index contributed by atoms with van der Waals surface area (Å²) in [6, 6.07) is 9.26. The Labute approximate surface area is 124 Å². The molecule has 20 heavy (non-hydrogen) atoms. The van der Waals surface area contributed by atoms with E-state index in [1.165, 1.54) is 36.9 Å². The Hall–Kier alpha value is -0.860. The SMILES string of the molecule is CCCNC(CN1CCCC1(C)C)c1ccccc1C. The van der Waals surface area contributed by atoms with Gasteiger partial charge in [-0.15, -0.1) is 0 Å². The maximum absolute atomic E-state index is 3.75. The molecule has 1 aliphatic heterocycles. The van der Waals surface area contributed by atoms with Crippen LogP contribution in [0, 0.1) is 6.92 Å². The highest BCUT2D eigenvalue weighted by Gasteiger charge is 2.33. The van der Waals surface area contributed by atoms with Gasteiger partial charge in [0, 0.05) is 18.1 Å². The molecule has 1 fully saturated rings. The Balaban J connectivity index is 2.14. The summed E-state index contributed by atoms with van der Waals surface area (Å²) in [6.45, 7) is 12.7. The van der Waals surface area contributed by atoms with Crippen molar-refractivity contribution in [3.63, 3.8) is 0 Å². The first-order valence-corrected chi connectivity index (χ1v) is 8.08. The quantitative estimate of drug-likeness (QED) is 0.846. The molecule has 0 radical (unpaired) electrons. The van der Waals surface area contributed by atoms with Crippen LogP contribution in [0.4, 0.5) is 0 Å². The summed E-state index contributed by atoms with van der Waals surface area (Å²) in [5, 5.41) is 3.75. The number of benzene rings is 1. The van der Waals surface area contributed by atoms with E-state index < -0.39 is 0 Å². The number of likely N-dealkylation sites (tertiary alicyclic amines) is 1. The van der Waals surface area contributed by atoms with Gasteiger partial charge in [-0.1, -0.05) is 31.2 Å². The fraction of sp³-hybridized carbons (Fsp3) is 0.667. The van der Waals surface area contributed by atoms with Crippen LogP contribution in [0.15, 0.2) is 24.3 Å². The zero-order valence-electron chi connectivity index (χ0n) is 13.6. The maximum Gasteiger partial charge on any atom is 0.0452 e. The summed E-state index contributed by atoms with van der Waals surface area (Å²) in [5.74, 6) is 0. The Morgan fingerprint density at radius 3 is 2.65 bits per heavy atom. The molecule has 2 nitrogen and oxygen atoms in total. The molecule has 2 heteroatoms. The number of hydrogen-bond donors (Lipinski definition) is 1. The molecular weight excluding hydrogens is 244 g/mol. The minimum Gasteiger partial charge on any atom is -0.309 e. The summed E-state index contributed by atoms with van der Waals surface area (Å²) < 4.78 is 0. The molecule has 112 valence electrons. The normalized spacial score (nSPS) is 20.2. The maximum atomic E-state index is 3.75. The Morgan fingerprint density at radius 2 is 2.05 bits per heavy atom. The molecule has 1 saturated heterocycles. The topological polar surface area (TPSA) is 15.3 Å². The Kier molecular flexibility index (Phi) is 5.22. The Bertz CT molecular complexity index is 425. The lowest BCUT2D eigenvalue weighted by Gasteiger charge is -2.35. The molecule has 0 aromatic heterocycles. The number of nitrogens with zero attached hydrogens (tertiary/aromatic N) is 1. The second kappa shape index (κ2) is 6.73. The standard InChI is InChI=1S/C18H30N2/c1-5-12-19-17(16-10-7-6-9-15(16)2)14-20-13-8-11-18(20,3)4/h6-7,9-10,17,19H,5,8,11-14H2,1-4H3. The minimum absolute atomic E-state index is 0.356. The lowest BCUT2D eigenvalue weighted by atomic mass is 9.98. The number of aryl methyl sites for hydroxylation is 1. The summed E-state index contributed by atoms with van der Waals surface area (Å²) in [4.78, 5) is 2.66. The van der Waals surface area contributed by atoms with Crippen molar-refractivity contribution in [3.8, 4) is 0 Å². The summed E-state index contributed by atoms with van der Waals surface area (Å²) >= 11 is 0. The van der Waals surface area contributed by atoms with E-state index in [1.54, 1.807) is 0 Å². The fourth-order valence-electron chi connectivity index (χ4n) is 3.29. The summed E-state index contributed by atoms with van der Waals surface area (Å²) in [5.41, 5.74) is 3.22. The van der Waals surface area contributed by atoms with Crippen molar-refractivity contribution >= 4 is 0 Å². The smallest absolute Gasteiger partial charge is 0.0452 e. The second-order valence-corrected chi connectivity index (χ2v) is 6.73. The van der Waals surface area contributed by atoms with E-state index in [2.05, 4.69) is 62.2 Å². The molecule has 1 aromatic rings. The van der Waals surface area contributed by atoms with Crippen molar-refractivity contribution in [3.05, 3.63) is 35.4 Å². The van der Waals surface area contributed by atoms with E-state index in [0.29, 0.717) is 11.6 Å². The molecule has 1 aromatic carbocycles. The average molecular weight is 274 g/mol. The molecule has 0 aliphatic carbocycles. The monoisotopic (exact) mass is 274 g/mol. The van der Waals surface area contributed by atoms with Crippen molar-refractivity contribution in [2.75, 3.05) is 19.6 Å². The zero-order chi connectivity index (χ0) is 14.6. The van der Waals surface area contributed by atoms with Crippen molar-refractivity contribution in [1.82, 2.24) is 10.2 Å². The van der Waals surface area contributed by atoms with Gasteiger partial charge in [-0.25, -0.2) is 0 Å². The highest BCUT2D eigenvalue weighted by molar-refractivity contribution is 5.29. The van der Waals surface area contributed by atoms with E-state index in [0.717, 1.165) is 13.1 Å². The van der Waals surface area contributed by atoms with Gasteiger partial charge in [0.05, 0.1) is 0 Å².